The predicted molar refractivity (Wildman–Crippen MR) is 123 cm³/mol. The summed E-state index contributed by atoms with van der Waals surface area (Å²) in [6.07, 6.45) is 1.68. The van der Waals surface area contributed by atoms with E-state index in [2.05, 4.69) is 10.4 Å². The van der Waals surface area contributed by atoms with Crippen LogP contribution in [0.2, 0.25) is 5.02 Å². The molecule has 0 aliphatic carbocycles. The molecule has 1 amide bonds. The van der Waals surface area contributed by atoms with Crippen molar-refractivity contribution in [2.75, 3.05) is 38.0 Å². The van der Waals surface area contributed by atoms with Gasteiger partial charge in [-0.05, 0) is 17.7 Å². The number of nitrogens with zero attached hydrogens (tertiary/aromatic N) is 4. The van der Waals surface area contributed by atoms with E-state index in [1.54, 1.807) is 41.2 Å². The second-order valence-corrected chi connectivity index (χ2v) is 9.90. The molecule has 0 saturated carbocycles. The summed E-state index contributed by atoms with van der Waals surface area (Å²) in [4.78, 5) is 14.7. The topological polar surface area (TPSA) is 87.5 Å². The van der Waals surface area contributed by atoms with E-state index in [4.69, 9.17) is 11.6 Å². The highest BCUT2D eigenvalue weighted by atomic mass is 35.5. The standard InChI is InChI=1S/C22H24ClN5O3S/c23-20-16-27(15-18-7-3-1-4-8-18)25-22(20)24-21(29)17-26-11-13-28(14-12-26)32(30,31)19-9-5-2-6-10-19/h1-10,16H,11-15,17H2,(H,24,25,29). The van der Waals surface area contributed by atoms with Gasteiger partial charge in [0.05, 0.1) is 18.0 Å². The van der Waals surface area contributed by atoms with E-state index in [1.807, 2.05) is 35.2 Å². The minimum Gasteiger partial charge on any atom is -0.307 e. The fraction of sp³-hybridized carbons (Fsp3) is 0.273. The second-order valence-electron chi connectivity index (χ2n) is 7.55. The Morgan fingerprint density at radius 1 is 0.969 bits per heavy atom. The molecule has 0 bridgehead atoms. The molecule has 8 nitrogen and oxygen atoms in total. The normalized spacial score (nSPS) is 15.5. The number of piperazine rings is 1. The van der Waals surface area contributed by atoms with Crippen LogP contribution in [0.5, 0.6) is 0 Å². The Kier molecular flexibility index (Phi) is 6.90. The van der Waals surface area contributed by atoms with E-state index in [1.165, 1.54) is 4.31 Å². The van der Waals surface area contributed by atoms with Crippen molar-refractivity contribution in [2.24, 2.45) is 0 Å². The highest BCUT2D eigenvalue weighted by Crippen LogP contribution is 2.21. The van der Waals surface area contributed by atoms with E-state index in [0.717, 1.165) is 5.56 Å². The lowest BCUT2D eigenvalue weighted by molar-refractivity contribution is -0.117. The molecule has 2 aromatic carbocycles. The third-order valence-electron chi connectivity index (χ3n) is 5.24. The Hall–Kier alpha value is -2.72. The molecule has 1 aliphatic heterocycles. The van der Waals surface area contributed by atoms with Crippen molar-refractivity contribution >= 4 is 33.3 Å². The van der Waals surface area contributed by atoms with Crippen LogP contribution in [-0.4, -0.2) is 66.0 Å². The van der Waals surface area contributed by atoms with Crippen LogP contribution in [0.25, 0.3) is 0 Å². The molecule has 1 N–H and O–H groups in total. The zero-order valence-electron chi connectivity index (χ0n) is 17.4. The lowest BCUT2D eigenvalue weighted by Gasteiger charge is -2.33. The number of amides is 1. The lowest BCUT2D eigenvalue weighted by atomic mass is 10.2. The molecule has 2 heterocycles. The molecule has 3 aromatic rings. The van der Waals surface area contributed by atoms with E-state index in [0.29, 0.717) is 43.6 Å². The highest BCUT2D eigenvalue weighted by molar-refractivity contribution is 7.89. The van der Waals surface area contributed by atoms with Gasteiger partial charge in [-0.2, -0.15) is 9.40 Å². The van der Waals surface area contributed by atoms with Crippen molar-refractivity contribution in [3.8, 4) is 0 Å². The van der Waals surface area contributed by atoms with Gasteiger partial charge in [0.1, 0.15) is 5.02 Å². The minimum atomic E-state index is -3.52. The number of hydrogen-bond acceptors (Lipinski definition) is 5. The van der Waals surface area contributed by atoms with Crippen molar-refractivity contribution in [1.82, 2.24) is 19.0 Å². The Bertz CT molecular complexity index is 1160. The van der Waals surface area contributed by atoms with Gasteiger partial charge in [0, 0.05) is 32.4 Å². The summed E-state index contributed by atoms with van der Waals surface area (Å²) in [5.41, 5.74) is 1.08. The molecule has 1 aliphatic rings. The number of sulfonamides is 1. The fourth-order valence-electron chi connectivity index (χ4n) is 3.58. The second kappa shape index (κ2) is 9.83. The number of carbonyl (C=O) groups is 1. The third kappa shape index (κ3) is 5.36. The Morgan fingerprint density at radius 3 is 2.25 bits per heavy atom. The molecule has 1 saturated heterocycles. The van der Waals surface area contributed by atoms with Crippen LogP contribution in [0.1, 0.15) is 5.56 Å². The van der Waals surface area contributed by atoms with Crippen molar-refractivity contribution in [3.05, 3.63) is 77.4 Å². The first-order chi connectivity index (χ1) is 15.4. The van der Waals surface area contributed by atoms with Gasteiger partial charge < -0.3 is 5.32 Å². The number of anilines is 1. The zero-order valence-corrected chi connectivity index (χ0v) is 19.0. The van der Waals surface area contributed by atoms with E-state index < -0.39 is 10.0 Å². The van der Waals surface area contributed by atoms with Crippen LogP contribution in [0.4, 0.5) is 5.82 Å². The monoisotopic (exact) mass is 473 g/mol. The first-order valence-electron chi connectivity index (χ1n) is 10.3. The van der Waals surface area contributed by atoms with Crippen LogP contribution in [0, 0.1) is 0 Å². The Morgan fingerprint density at radius 2 is 1.59 bits per heavy atom. The minimum absolute atomic E-state index is 0.140. The van der Waals surface area contributed by atoms with Gasteiger partial charge in [-0.3, -0.25) is 14.4 Å². The molecule has 0 unspecified atom stereocenters. The van der Waals surface area contributed by atoms with Crippen LogP contribution in [0.3, 0.4) is 0 Å². The molecule has 32 heavy (non-hydrogen) atoms. The molecule has 0 spiro atoms. The lowest BCUT2D eigenvalue weighted by Crippen LogP contribution is -2.50. The largest absolute Gasteiger partial charge is 0.307 e. The summed E-state index contributed by atoms with van der Waals surface area (Å²) in [6, 6.07) is 18.2. The van der Waals surface area contributed by atoms with Crippen molar-refractivity contribution < 1.29 is 13.2 Å². The third-order valence-corrected chi connectivity index (χ3v) is 7.43. The van der Waals surface area contributed by atoms with Gasteiger partial charge >= 0.3 is 0 Å². The van der Waals surface area contributed by atoms with Crippen LogP contribution in [0.15, 0.2) is 71.8 Å². The van der Waals surface area contributed by atoms with Gasteiger partial charge in [0.2, 0.25) is 15.9 Å². The number of hydrogen-bond donors (Lipinski definition) is 1. The maximum absolute atomic E-state index is 12.7. The fourth-order valence-corrected chi connectivity index (χ4v) is 5.22. The predicted octanol–water partition coefficient (Wildman–Crippen LogP) is 2.53. The number of carbonyl (C=O) groups excluding carboxylic acids is 1. The summed E-state index contributed by atoms with van der Waals surface area (Å²) in [7, 11) is -3.52. The molecule has 168 valence electrons. The molecule has 4 rings (SSSR count). The number of halogens is 1. The van der Waals surface area contributed by atoms with Crippen molar-refractivity contribution in [2.45, 2.75) is 11.4 Å². The van der Waals surface area contributed by atoms with E-state index in [-0.39, 0.29) is 17.3 Å². The summed E-state index contributed by atoms with van der Waals surface area (Å²) in [5, 5.41) is 7.49. The van der Waals surface area contributed by atoms with Crippen molar-refractivity contribution in [1.29, 1.82) is 0 Å². The average Bonchev–Trinajstić information content (AvgIpc) is 3.13. The quantitative estimate of drug-likeness (QED) is 0.569. The number of benzene rings is 2. The molecule has 1 aromatic heterocycles. The molecule has 0 radical (unpaired) electrons. The van der Waals surface area contributed by atoms with Gasteiger partial charge in [-0.1, -0.05) is 60.1 Å². The number of rotatable bonds is 7. The maximum atomic E-state index is 12.7. The number of nitrogens with one attached hydrogen (secondary N) is 1. The van der Waals surface area contributed by atoms with Crippen LogP contribution >= 0.6 is 11.6 Å². The SMILES string of the molecule is O=C(CN1CCN(S(=O)(=O)c2ccccc2)CC1)Nc1nn(Cc2ccccc2)cc1Cl. The molecule has 10 heteroatoms. The first kappa shape index (κ1) is 22.5. The molecular formula is C22H24ClN5O3S. The van der Waals surface area contributed by atoms with Gasteiger partial charge in [0.15, 0.2) is 5.82 Å². The first-order valence-corrected chi connectivity index (χ1v) is 12.1. The molecule has 0 atom stereocenters. The molecule has 1 fully saturated rings. The summed E-state index contributed by atoms with van der Waals surface area (Å²) in [5.74, 6) is 0.0779. The van der Waals surface area contributed by atoms with Gasteiger partial charge in [0.25, 0.3) is 0 Å². The number of aromatic nitrogens is 2. The van der Waals surface area contributed by atoms with Crippen LogP contribution < -0.4 is 5.32 Å². The van der Waals surface area contributed by atoms with Crippen LogP contribution in [-0.2, 0) is 21.4 Å². The Labute approximate surface area is 192 Å². The summed E-state index contributed by atoms with van der Waals surface area (Å²) < 4.78 is 28.6. The Balaban J connectivity index is 1.29. The molecular weight excluding hydrogens is 450 g/mol. The van der Waals surface area contributed by atoms with E-state index in [9.17, 15) is 13.2 Å². The zero-order chi connectivity index (χ0) is 22.6. The highest BCUT2D eigenvalue weighted by Gasteiger charge is 2.29. The van der Waals surface area contributed by atoms with E-state index >= 15 is 0 Å². The smallest absolute Gasteiger partial charge is 0.243 e. The van der Waals surface area contributed by atoms with Gasteiger partial charge in [-0.15, -0.1) is 0 Å². The van der Waals surface area contributed by atoms with Crippen molar-refractivity contribution in [3.63, 3.8) is 0 Å². The summed E-state index contributed by atoms with van der Waals surface area (Å²) in [6.45, 7) is 2.29. The summed E-state index contributed by atoms with van der Waals surface area (Å²) >= 11 is 6.24. The average molecular weight is 474 g/mol. The maximum Gasteiger partial charge on any atom is 0.243 e. The van der Waals surface area contributed by atoms with Gasteiger partial charge in [-0.25, -0.2) is 8.42 Å².